The summed E-state index contributed by atoms with van der Waals surface area (Å²) in [5.41, 5.74) is 3.04. The number of pyridine rings is 2. The van der Waals surface area contributed by atoms with Crippen LogP contribution < -0.4 is 9.13 Å². The van der Waals surface area contributed by atoms with Crippen molar-refractivity contribution in [3.8, 4) is 0 Å². The highest BCUT2D eigenvalue weighted by Crippen LogP contribution is 2.13. The van der Waals surface area contributed by atoms with Gasteiger partial charge in [0.15, 0.2) is 24.8 Å². The minimum Gasteiger partial charge on any atom is -0.205 e. The molecule has 0 N–H and O–H groups in total. The maximum atomic E-state index is 2.44. The second kappa shape index (κ2) is 21.8. The minimum atomic E-state index is 1.17. The van der Waals surface area contributed by atoms with Gasteiger partial charge in [-0.25, -0.2) is 9.13 Å². The van der Waals surface area contributed by atoms with Gasteiger partial charge in [0.1, 0.15) is 13.1 Å². The minimum absolute atomic E-state index is 1.17. The normalized spacial score (nSPS) is 20.5. The van der Waals surface area contributed by atoms with E-state index in [2.05, 4.69) is 70.3 Å². The second-order valence-corrected chi connectivity index (χ2v) is 12.2. The number of hydrogen-bond donors (Lipinski definition) is 0. The van der Waals surface area contributed by atoms with Gasteiger partial charge in [0.25, 0.3) is 0 Å². The van der Waals surface area contributed by atoms with Gasteiger partial charge in [0, 0.05) is 36.1 Å². The van der Waals surface area contributed by atoms with Crippen molar-refractivity contribution >= 4 is 0 Å². The third-order valence-electron chi connectivity index (χ3n) is 8.51. The van der Waals surface area contributed by atoms with E-state index < -0.39 is 0 Å². The van der Waals surface area contributed by atoms with Crippen LogP contribution in [0.15, 0.2) is 61.2 Å². The Hall–Kier alpha value is -1.96. The van der Waals surface area contributed by atoms with Crippen LogP contribution in [0.3, 0.4) is 0 Å². The van der Waals surface area contributed by atoms with Gasteiger partial charge in [0.05, 0.1) is 0 Å². The third kappa shape index (κ3) is 16.0. The van der Waals surface area contributed by atoms with Crippen LogP contribution in [0.25, 0.3) is 0 Å². The first-order chi connectivity index (χ1) is 19.4. The van der Waals surface area contributed by atoms with Gasteiger partial charge in [-0.05, 0) is 76.3 Å². The first-order valence-corrected chi connectivity index (χ1v) is 17.0. The molecule has 0 fully saturated rings. The van der Waals surface area contributed by atoms with E-state index in [1.165, 1.54) is 172 Å². The van der Waals surface area contributed by atoms with Crippen LogP contribution in [0.2, 0.25) is 0 Å². The summed E-state index contributed by atoms with van der Waals surface area (Å²) >= 11 is 0. The Balaban J connectivity index is 1.35. The molecule has 0 saturated carbocycles. The summed E-state index contributed by atoms with van der Waals surface area (Å²) in [5, 5.41) is 0. The van der Waals surface area contributed by atoms with Crippen molar-refractivity contribution in [3.63, 3.8) is 0 Å². The SMILES string of the molecule is C1=C\CCCCCC[n+]2cccc(c2)CCCCCCCCCCCCC[n+]2cccc(c2)CCCCCC/1. The Morgan fingerprint density at radius 2 is 0.744 bits per heavy atom. The lowest BCUT2D eigenvalue weighted by atomic mass is 10.0. The maximum Gasteiger partial charge on any atom is 0.171 e. The molecule has 0 atom stereocenters. The van der Waals surface area contributed by atoms with Crippen LogP contribution in [-0.2, 0) is 25.9 Å². The highest BCUT2D eigenvalue weighted by atomic mass is 14.9. The second-order valence-electron chi connectivity index (χ2n) is 12.2. The van der Waals surface area contributed by atoms with Crippen molar-refractivity contribution in [1.29, 1.82) is 0 Å². The molecule has 39 heavy (non-hydrogen) atoms. The molecular formula is C37H60N2+2. The third-order valence-corrected chi connectivity index (χ3v) is 8.51. The summed E-state index contributed by atoms with van der Waals surface area (Å²) in [5.74, 6) is 0. The smallest absolute Gasteiger partial charge is 0.171 e. The molecule has 1 aliphatic rings. The highest BCUT2D eigenvalue weighted by Gasteiger charge is 2.05. The van der Waals surface area contributed by atoms with Gasteiger partial charge in [0.2, 0.25) is 0 Å². The maximum absolute atomic E-state index is 2.44. The van der Waals surface area contributed by atoms with Crippen LogP contribution in [0.4, 0.5) is 0 Å². The zero-order valence-electron chi connectivity index (χ0n) is 25.3. The number of allylic oxidation sites excluding steroid dienone is 2. The molecule has 2 aromatic rings. The lowest BCUT2D eigenvalue weighted by Crippen LogP contribution is -2.33. The van der Waals surface area contributed by atoms with E-state index >= 15 is 0 Å². The lowest BCUT2D eigenvalue weighted by Gasteiger charge is -2.04. The van der Waals surface area contributed by atoms with E-state index in [1.807, 2.05) is 0 Å². The molecule has 2 aromatic heterocycles. The molecule has 0 radical (unpaired) electrons. The molecule has 1 aliphatic heterocycles. The van der Waals surface area contributed by atoms with Crippen molar-refractivity contribution in [2.45, 2.75) is 161 Å². The Bertz CT molecular complexity index is 815. The van der Waals surface area contributed by atoms with Crippen molar-refractivity contribution in [2.75, 3.05) is 0 Å². The number of aromatic nitrogens is 2. The van der Waals surface area contributed by atoms with E-state index in [4.69, 9.17) is 0 Å². The van der Waals surface area contributed by atoms with E-state index in [9.17, 15) is 0 Å². The molecule has 0 unspecified atom stereocenters. The highest BCUT2D eigenvalue weighted by molar-refractivity contribution is 5.05. The van der Waals surface area contributed by atoms with Crippen molar-refractivity contribution in [3.05, 3.63) is 72.3 Å². The molecule has 0 saturated heterocycles. The van der Waals surface area contributed by atoms with Crippen LogP contribution in [0, 0.1) is 0 Å². The van der Waals surface area contributed by atoms with Gasteiger partial charge in [-0.15, -0.1) is 0 Å². The fourth-order valence-corrected chi connectivity index (χ4v) is 6.03. The van der Waals surface area contributed by atoms with Gasteiger partial charge < -0.3 is 0 Å². The van der Waals surface area contributed by atoms with Crippen LogP contribution in [-0.4, -0.2) is 0 Å². The van der Waals surface area contributed by atoms with E-state index in [0.29, 0.717) is 0 Å². The summed E-state index contributed by atoms with van der Waals surface area (Å²) in [7, 11) is 0. The zero-order valence-corrected chi connectivity index (χ0v) is 25.3. The van der Waals surface area contributed by atoms with Crippen LogP contribution in [0.1, 0.15) is 146 Å². The van der Waals surface area contributed by atoms with E-state index in [1.54, 1.807) is 0 Å². The van der Waals surface area contributed by atoms with Crippen molar-refractivity contribution in [1.82, 2.24) is 0 Å². The number of rotatable bonds is 0. The standard InChI is InChI=1S/C37H60N2/c1-2-6-10-14-18-22-30-38-32-25-29-37(35-38)27-21-17-13-9-5-3-7-11-15-19-23-31-39-33-24-28-36(34-39)26-20-16-12-8-4-1/h1-2,24-25,28-29,32-35H,3-23,26-27,30-31H2/q+2/b2-1-. The molecule has 2 nitrogen and oxygen atoms in total. The Morgan fingerprint density at radius 1 is 0.385 bits per heavy atom. The number of hydrogen-bond acceptors (Lipinski definition) is 0. The monoisotopic (exact) mass is 532 g/mol. The predicted octanol–water partition coefficient (Wildman–Crippen LogP) is 9.81. The summed E-state index contributed by atoms with van der Waals surface area (Å²) < 4.78 is 4.86. The van der Waals surface area contributed by atoms with Gasteiger partial charge >= 0.3 is 0 Å². The van der Waals surface area contributed by atoms with Gasteiger partial charge in [-0.3, -0.25) is 0 Å². The average molecular weight is 533 g/mol. The van der Waals surface area contributed by atoms with Crippen LogP contribution in [0.5, 0.6) is 0 Å². The first kappa shape index (κ1) is 31.6. The molecule has 3 rings (SSSR count). The Labute approximate surface area is 242 Å². The van der Waals surface area contributed by atoms with Gasteiger partial charge in [-0.2, -0.15) is 0 Å². The molecular weight excluding hydrogens is 472 g/mol. The van der Waals surface area contributed by atoms with Crippen molar-refractivity contribution < 1.29 is 9.13 Å². The van der Waals surface area contributed by atoms with E-state index in [0.717, 1.165) is 0 Å². The summed E-state index contributed by atoms with van der Waals surface area (Å²) in [4.78, 5) is 0. The topological polar surface area (TPSA) is 7.76 Å². The molecule has 0 spiro atoms. The number of nitrogens with zero attached hydrogens (tertiary/aromatic N) is 2. The Morgan fingerprint density at radius 3 is 1.18 bits per heavy atom. The summed E-state index contributed by atoms with van der Waals surface area (Å²) in [6.07, 6.45) is 45.4. The molecule has 0 aliphatic carbocycles. The molecule has 0 amide bonds. The lowest BCUT2D eigenvalue weighted by molar-refractivity contribution is -0.697. The van der Waals surface area contributed by atoms with Crippen molar-refractivity contribution in [2.24, 2.45) is 0 Å². The van der Waals surface area contributed by atoms with E-state index in [-0.39, 0.29) is 0 Å². The Kier molecular flexibility index (Phi) is 17.7. The first-order valence-electron chi connectivity index (χ1n) is 17.0. The predicted molar refractivity (Wildman–Crippen MR) is 167 cm³/mol. The van der Waals surface area contributed by atoms with Gasteiger partial charge in [-0.1, -0.05) is 82.8 Å². The molecule has 2 heteroatoms. The molecule has 4 bridgehead atoms. The van der Waals surface area contributed by atoms with Crippen LogP contribution >= 0.6 is 0 Å². The molecule has 0 aromatic carbocycles. The fourth-order valence-electron chi connectivity index (χ4n) is 6.03. The number of aryl methyl sites for hydroxylation is 4. The molecule has 3 heterocycles. The summed E-state index contributed by atoms with van der Waals surface area (Å²) in [6, 6.07) is 9.16. The summed E-state index contributed by atoms with van der Waals surface area (Å²) in [6.45, 7) is 2.36. The largest absolute Gasteiger partial charge is 0.205 e. The molecule has 216 valence electrons. The number of fused-ring (bicyclic) bond motifs is 4. The fraction of sp³-hybridized carbons (Fsp3) is 0.676. The average Bonchev–Trinajstić information content (AvgIpc) is 2.95. The zero-order chi connectivity index (χ0) is 27.1. The quantitative estimate of drug-likeness (QED) is 0.236.